The number of phenols is 1. The normalized spacial score (nSPS) is 14.6. The first-order valence-corrected chi connectivity index (χ1v) is 13.2. The number of aliphatic hydroxyl groups is 1. The number of hydrogen-bond acceptors (Lipinski definition) is 9. The number of carboxylic acids is 1. The molecule has 5 atom stereocenters. The third-order valence-corrected chi connectivity index (χ3v) is 6.34. The summed E-state index contributed by atoms with van der Waals surface area (Å²) in [6.45, 7) is 2.57. The largest absolute Gasteiger partial charge is 0.508 e. The van der Waals surface area contributed by atoms with E-state index in [1.165, 1.54) is 12.1 Å². The molecular weight excluding hydrogens is 524 g/mol. The van der Waals surface area contributed by atoms with Crippen molar-refractivity contribution in [1.82, 2.24) is 21.3 Å². The van der Waals surface area contributed by atoms with Crippen LogP contribution in [-0.4, -0.2) is 88.8 Å². The van der Waals surface area contributed by atoms with Gasteiger partial charge in [0.25, 0.3) is 0 Å². The van der Waals surface area contributed by atoms with Crippen LogP contribution in [0.15, 0.2) is 24.3 Å². The maximum absolute atomic E-state index is 12.9. The molecule has 4 amide bonds. The van der Waals surface area contributed by atoms with Crippen LogP contribution in [0.3, 0.4) is 0 Å². The second-order valence-electron chi connectivity index (χ2n) is 9.55. The van der Waals surface area contributed by atoms with E-state index < -0.39 is 66.9 Å². The number of unbranched alkanes of at least 4 members (excludes halogenated alkanes) is 1. The van der Waals surface area contributed by atoms with Crippen LogP contribution in [0, 0.1) is 5.92 Å². The van der Waals surface area contributed by atoms with Crippen molar-refractivity contribution in [2.24, 2.45) is 17.4 Å². The summed E-state index contributed by atoms with van der Waals surface area (Å²) in [6.07, 6.45) is 1.86. The van der Waals surface area contributed by atoms with Gasteiger partial charge in [-0.05, 0) is 55.8 Å². The lowest BCUT2D eigenvalue weighted by molar-refractivity contribution is -0.142. The molecule has 0 aliphatic heterocycles. The van der Waals surface area contributed by atoms with E-state index in [0.29, 0.717) is 25.8 Å². The van der Waals surface area contributed by atoms with Gasteiger partial charge in [0.1, 0.15) is 23.9 Å². The number of phenolic OH excluding ortho intramolecular Hbond substituents is 1. The van der Waals surface area contributed by atoms with Crippen LogP contribution in [0.25, 0.3) is 0 Å². The Bertz CT molecular complexity index is 990. The highest BCUT2D eigenvalue weighted by Gasteiger charge is 2.29. The smallest absolute Gasteiger partial charge is 0.326 e. The molecule has 1 aromatic carbocycles. The summed E-state index contributed by atoms with van der Waals surface area (Å²) in [6, 6.07) is 1.57. The van der Waals surface area contributed by atoms with Gasteiger partial charge < -0.3 is 48.1 Å². The van der Waals surface area contributed by atoms with E-state index in [0.717, 1.165) is 5.56 Å². The van der Waals surface area contributed by atoms with Crippen molar-refractivity contribution in [3.8, 4) is 5.75 Å². The molecule has 0 aliphatic rings. The monoisotopic (exact) mass is 566 g/mol. The number of carbonyl (C=O) groups excluding carboxylic acids is 4. The maximum Gasteiger partial charge on any atom is 0.326 e. The topological polar surface area (TPSA) is 246 Å². The molecule has 0 spiro atoms. The number of rotatable bonds is 18. The van der Waals surface area contributed by atoms with Gasteiger partial charge in [0.05, 0.1) is 19.2 Å². The van der Waals surface area contributed by atoms with Gasteiger partial charge in [-0.1, -0.05) is 32.4 Å². The van der Waals surface area contributed by atoms with Crippen molar-refractivity contribution in [1.29, 1.82) is 0 Å². The average molecular weight is 567 g/mol. The lowest BCUT2D eigenvalue weighted by atomic mass is 9.97. The van der Waals surface area contributed by atoms with Crippen molar-refractivity contribution in [3.63, 3.8) is 0 Å². The van der Waals surface area contributed by atoms with E-state index in [1.54, 1.807) is 19.1 Å². The van der Waals surface area contributed by atoms with Crippen LogP contribution in [0.4, 0.5) is 0 Å². The van der Waals surface area contributed by atoms with Crippen molar-refractivity contribution in [3.05, 3.63) is 29.8 Å². The predicted molar refractivity (Wildman–Crippen MR) is 146 cm³/mol. The van der Waals surface area contributed by atoms with Crippen LogP contribution in [0.1, 0.15) is 45.1 Å². The number of hydrogen-bond donors (Lipinski definition) is 9. The molecule has 0 saturated carbocycles. The van der Waals surface area contributed by atoms with E-state index in [2.05, 4.69) is 21.3 Å². The second-order valence-corrected chi connectivity index (χ2v) is 9.55. The Morgan fingerprint density at radius 1 is 0.925 bits per heavy atom. The molecule has 40 heavy (non-hydrogen) atoms. The molecular formula is C26H42N6O8. The van der Waals surface area contributed by atoms with E-state index in [1.807, 2.05) is 6.92 Å². The first-order valence-electron chi connectivity index (χ1n) is 13.2. The van der Waals surface area contributed by atoms with Gasteiger partial charge >= 0.3 is 5.97 Å². The number of nitrogens with one attached hydrogen (secondary N) is 4. The lowest BCUT2D eigenvalue weighted by Gasteiger charge is -2.25. The zero-order chi connectivity index (χ0) is 30.2. The van der Waals surface area contributed by atoms with Gasteiger partial charge in [0.15, 0.2) is 0 Å². The van der Waals surface area contributed by atoms with Crippen LogP contribution in [0.5, 0.6) is 5.75 Å². The third-order valence-electron chi connectivity index (χ3n) is 6.34. The number of benzene rings is 1. The van der Waals surface area contributed by atoms with Crippen molar-refractivity contribution >= 4 is 29.6 Å². The summed E-state index contributed by atoms with van der Waals surface area (Å²) in [4.78, 5) is 61.8. The Morgan fingerprint density at radius 2 is 1.57 bits per heavy atom. The van der Waals surface area contributed by atoms with Gasteiger partial charge in [-0.3, -0.25) is 19.2 Å². The lowest BCUT2D eigenvalue weighted by Crippen LogP contribution is -2.57. The van der Waals surface area contributed by atoms with Crippen LogP contribution >= 0.6 is 0 Å². The Morgan fingerprint density at radius 3 is 2.12 bits per heavy atom. The fraction of sp³-hybridized carbons (Fsp3) is 0.577. The quantitative estimate of drug-likeness (QED) is 0.0892. The van der Waals surface area contributed by atoms with Crippen molar-refractivity contribution < 1.29 is 39.3 Å². The Kier molecular flexibility index (Phi) is 15.2. The summed E-state index contributed by atoms with van der Waals surface area (Å²) >= 11 is 0. The van der Waals surface area contributed by atoms with Crippen molar-refractivity contribution in [2.45, 2.75) is 70.1 Å². The molecule has 0 fully saturated rings. The van der Waals surface area contributed by atoms with Gasteiger partial charge in [-0.25, -0.2) is 4.79 Å². The molecule has 14 nitrogen and oxygen atoms in total. The van der Waals surface area contributed by atoms with Gasteiger partial charge in [0, 0.05) is 0 Å². The minimum absolute atomic E-state index is 0.0769. The number of aliphatic hydroxyl groups excluding tert-OH is 1. The fourth-order valence-corrected chi connectivity index (χ4v) is 3.68. The summed E-state index contributed by atoms with van der Waals surface area (Å²) in [5, 5.41) is 37.8. The average Bonchev–Trinajstić information content (AvgIpc) is 2.93. The highest BCUT2D eigenvalue weighted by molar-refractivity contribution is 5.94. The Balaban J connectivity index is 2.70. The molecule has 0 bridgehead atoms. The van der Waals surface area contributed by atoms with Gasteiger partial charge in [-0.2, -0.15) is 0 Å². The summed E-state index contributed by atoms with van der Waals surface area (Å²) < 4.78 is 0. The SMILES string of the molecule is CCC(C)C(NC(=O)C(N)Cc1ccc(O)cc1)C(=O)NCC(=O)NC(CO)C(=O)NC(CCCCN)C(=O)O. The number of aromatic hydroxyl groups is 1. The molecule has 11 N–H and O–H groups in total. The van der Waals surface area contributed by atoms with E-state index >= 15 is 0 Å². The molecule has 224 valence electrons. The number of nitrogens with two attached hydrogens (primary N) is 2. The number of aliphatic carboxylic acids is 1. The van der Waals surface area contributed by atoms with Gasteiger partial charge in [-0.15, -0.1) is 0 Å². The second kappa shape index (κ2) is 17.8. The van der Waals surface area contributed by atoms with Crippen LogP contribution < -0.4 is 32.7 Å². The molecule has 1 aromatic rings. The Hall–Kier alpha value is -3.75. The maximum atomic E-state index is 12.9. The molecule has 0 radical (unpaired) electrons. The van der Waals surface area contributed by atoms with E-state index in [-0.39, 0.29) is 24.5 Å². The van der Waals surface area contributed by atoms with Crippen LogP contribution in [0.2, 0.25) is 0 Å². The third kappa shape index (κ3) is 12.0. The van der Waals surface area contributed by atoms with Crippen molar-refractivity contribution in [2.75, 3.05) is 19.7 Å². The van der Waals surface area contributed by atoms with Crippen LogP contribution in [-0.2, 0) is 30.4 Å². The first kappa shape index (κ1) is 34.3. The minimum atomic E-state index is -1.44. The van der Waals surface area contributed by atoms with E-state index in [4.69, 9.17) is 11.5 Å². The molecule has 0 saturated heterocycles. The molecule has 0 aromatic heterocycles. The molecule has 1 rings (SSSR count). The summed E-state index contributed by atoms with van der Waals surface area (Å²) in [7, 11) is 0. The zero-order valence-electron chi connectivity index (χ0n) is 22.9. The highest BCUT2D eigenvalue weighted by Crippen LogP contribution is 2.12. The number of amides is 4. The van der Waals surface area contributed by atoms with Gasteiger partial charge in [0.2, 0.25) is 23.6 Å². The minimum Gasteiger partial charge on any atom is -0.508 e. The van der Waals surface area contributed by atoms with E-state index in [9.17, 15) is 39.3 Å². The number of carbonyl (C=O) groups is 5. The molecule has 5 unspecified atom stereocenters. The summed E-state index contributed by atoms with van der Waals surface area (Å²) in [5.41, 5.74) is 12.1. The number of carboxylic acid groups (broad SMARTS) is 1. The fourth-order valence-electron chi connectivity index (χ4n) is 3.68. The highest BCUT2D eigenvalue weighted by atomic mass is 16.4. The standard InChI is InChI=1S/C26H42N6O8/c1-3-15(2)22(32-23(36)18(28)12-16-7-9-17(34)10-8-16)25(38)29-13-21(35)30-20(14-33)24(37)31-19(26(39)40)6-4-5-11-27/h7-10,15,18-20,22,33-34H,3-6,11-14,27-28H2,1-2H3,(H,29,38)(H,30,35)(H,31,37)(H,32,36)(H,39,40). The molecule has 0 aliphatic carbocycles. The molecule has 14 heteroatoms. The summed E-state index contributed by atoms with van der Waals surface area (Å²) in [5.74, 6) is -4.42. The Labute approximate surface area is 233 Å². The first-order chi connectivity index (χ1) is 18.9. The molecule has 0 heterocycles. The zero-order valence-corrected chi connectivity index (χ0v) is 22.9. The predicted octanol–water partition coefficient (Wildman–Crippen LogP) is -1.92.